The largest absolute Gasteiger partial charge is 0.490 e. The van der Waals surface area contributed by atoms with E-state index in [1.165, 1.54) is 4.31 Å². The maximum absolute atomic E-state index is 12.0. The Morgan fingerprint density at radius 1 is 1.21 bits per heavy atom. The van der Waals surface area contributed by atoms with E-state index in [1.807, 2.05) is 24.3 Å². The van der Waals surface area contributed by atoms with Gasteiger partial charge in [-0.05, 0) is 18.9 Å². The summed E-state index contributed by atoms with van der Waals surface area (Å²) in [6.45, 7) is 0.587. The standard InChI is InChI=1S/C12H14N2O2S.C2HF3O2/c15-17(16)8-4-3-7-14(17)12-9-13-11-6-2-1-5-10(11)12;3-2(4,5)1(6)7/h1-2,5-6,9,13H,3-4,7-8H2;(H,6,7). The number of sulfonamides is 1. The summed E-state index contributed by atoms with van der Waals surface area (Å²) in [6.07, 6.45) is -1.60. The Morgan fingerprint density at radius 2 is 1.83 bits per heavy atom. The number of aliphatic carboxylic acids is 1. The summed E-state index contributed by atoms with van der Waals surface area (Å²) in [7, 11) is -3.12. The Balaban J connectivity index is 0.000000256. The Bertz CT molecular complexity index is 830. The SMILES string of the molecule is O=C(O)C(F)(F)F.O=S1(=O)CCCCN1c1c[nH]c2ccccc12. The van der Waals surface area contributed by atoms with Crippen LogP contribution < -0.4 is 4.31 Å². The highest BCUT2D eigenvalue weighted by atomic mass is 32.2. The first-order valence-electron chi connectivity index (χ1n) is 6.99. The van der Waals surface area contributed by atoms with Crippen LogP contribution in [-0.4, -0.2) is 43.0 Å². The first-order chi connectivity index (χ1) is 11.1. The molecule has 0 bridgehead atoms. The molecule has 0 aliphatic carbocycles. The van der Waals surface area contributed by atoms with Gasteiger partial charge in [-0.15, -0.1) is 0 Å². The van der Waals surface area contributed by atoms with Crippen molar-refractivity contribution < 1.29 is 31.5 Å². The van der Waals surface area contributed by atoms with Crippen molar-refractivity contribution in [3.63, 3.8) is 0 Å². The van der Waals surface area contributed by atoms with Crippen molar-refractivity contribution in [3.8, 4) is 0 Å². The third-order valence-corrected chi connectivity index (χ3v) is 5.28. The minimum Gasteiger partial charge on any atom is -0.475 e. The average molecular weight is 364 g/mol. The minimum absolute atomic E-state index is 0.256. The molecular formula is C14H15F3N2O4S. The van der Waals surface area contributed by atoms with Gasteiger partial charge in [-0.3, -0.25) is 4.31 Å². The summed E-state index contributed by atoms with van der Waals surface area (Å²) in [5.41, 5.74) is 1.75. The number of benzene rings is 1. The number of carboxylic acids is 1. The van der Waals surface area contributed by atoms with Gasteiger partial charge in [0.05, 0.1) is 11.4 Å². The Kier molecular flexibility index (Phi) is 5.07. The van der Waals surface area contributed by atoms with Crippen molar-refractivity contribution in [2.24, 2.45) is 0 Å². The topological polar surface area (TPSA) is 90.5 Å². The van der Waals surface area contributed by atoms with Crippen LogP contribution in [0.5, 0.6) is 0 Å². The van der Waals surface area contributed by atoms with Crippen molar-refractivity contribution in [2.45, 2.75) is 19.0 Å². The predicted octanol–water partition coefficient (Wildman–Crippen LogP) is 2.73. The van der Waals surface area contributed by atoms with Crippen LogP contribution >= 0.6 is 0 Å². The molecule has 1 aliphatic rings. The van der Waals surface area contributed by atoms with Gasteiger partial charge in [-0.1, -0.05) is 18.2 Å². The first-order valence-corrected chi connectivity index (χ1v) is 8.60. The molecule has 0 spiro atoms. The summed E-state index contributed by atoms with van der Waals surface area (Å²) in [6, 6.07) is 7.77. The van der Waals surface area contributed by atoms with Gasteiger partial charge in [0.1, 0.15) is 0 Å². The minimum atomic E-state index is -5.08. The highest BCUT2D eigenvalue weighted by Gasteiger charge is 2.38. The molecular weight excluding hydrogens is 349 g/mol. The lowest BCUT2D eigenvalue weighted by molar-refractivity contribution is -0.192. The highest BCUT2D eigenvalue weighted by molar-refractivity contribution is 7.92. The number of nitrogens with zero attached hydrogens (tertiary/aromatic N) is 1. The molecule has 1 saturated heterocycles. The van der Waals surface area contributed by atoms with Gasteiger partial charge in [0.2, 0.25) is 10.0 Å². The summed E-state index contributed by atoms with van der Waals surface area (Å²) < 4.78 is 57.3. The molecule has 6 nitrogen and oxygen atoms in total. The van der Waals surface area contributed by atoms with E-state index in [-0.39, 0.29) is 5.75 Å². The normalized spacial score (nSPS) is 17.2. The van der Waals surface area contributed by atoms with E-state index >= 15 is 0 Å². The second-order valence-corrected chi connectivity index (χ2v) is 7.13. The number of anilines is 1. The van der Waals surface area contributed by atoms with E-state index in [9.17, 15) is 21.6 Å². The molecule has 0 amide bonds. The Hall–Kier alpha value is -2.23. The molecule has 10 heteroatoms. The summed E-state index contributed by atoms with van der Waals surface area (Å²) in [4.78, 5) is 12.0. The van der Waals surface area contributed by atoms with Crippen LogP contribution in [0.3, 0.4) is 0 Å². The maximum atomic E-state index is 12.0. The van der Waals surface area contributed by atoms with Gasteiger partial charge in [-0.25, -0.2) is 13.2 Å². The quantitative estimate of drug-likeness (QED) is 0.814. The van der Waals surface area contributed by atoms with Crippen molar-refractivity contribution >= 4 is 32.6 Å². The number of nitrogens with one attached hydrogen (secondary N) is 1. The Labute approximate surface area is 135 Å². The monoisotopic (exact) mass is 364 g/mol. The van der Waals surface area contributed by atoms with Gasteiger partial charge < -0.3 is 10.1 Å². The fourth-order valence-corrected chi connectivity index (χ4v) is 3.97. The molecule has 1 aromatic carbocycles. The average Bonchev–Trinajstić information content (AvgIpc) is 2.90. The van der Waals surface area contributed by atoms with Crippen LogP contribution in [0.15, 0.2) is 30.5 Å². The molecule has 24 heavy (non-hydrogen) atoms. The number of rotatable bonds is 1. The van der Waals surface area contributed by atoms with Crippen LogP contribution in [0.1, 0.15) is 12.8 Å². The summed E-state index contributed by atoms with van der Waals surface area (Å²) in [5.74, 6) is -2.50. The van der Waals surface area contributed by atoms with Crippen LogP contribution in [0, 0.1) is 0 Å². The molecule has 0 atom stereocenters. The lowest BCUT2D eigenvalue weighted by Crippen LogP contribution is -2.37. The number of fused-ring (bicyclic) bond motifs is 1. The number of aromatic amines is 1. The van der Waals surface area contributed by atoms with E-state index in [0.29, 0.717) is 6.54 Å². The lowest BCUT2D eigenvalue weighted by Gasteiger charge is -2.27. The van der Waals surface area contributed by atoms with Crippen LogP contribution in [-0.2, 0) is 14.8 Å². The number of halogens is 3. The molecule has 0 radical (unpaired) electrons. The lowest BCUT2D eigenvalue weighted by atomic mass is 10.2. The summed E-state index contributed by atoms with van der Waals surface area (Å²) in [5, 5.41) is 8.10. The Morgan fingerprint density at radius 3 is 2.42 bits per heavy atom. The third-order valence-electron chi connectivity index (χ3n) is 3.43. The number of hydrogen-bond acceptors (Lipinski definition) is 3. The molecule has 2 aromatic rings. The second kappa shape index (κ2) is 6.71. The van der Waals surface area contributed by atoms with Crippen LogP contribution in [0.2, 0.25) is 0 Å². The van der Waals surface area contributed by atoms with Gasteiger partial charge in [0.25, 0.3) is 0 Å². The molecule has 2 heterocycles. The molecule has 1 aliphatic heterocycles. The molecule has 0 saturated carbocycles. The van der Waals surface area contributed by atoms with E-state index in [4.69, 9.17) is 9.90 Å². The number of para-hydroxylation sites is 1. The van der Waals surface area contributed by atoms with Gasteiger partial charge in [-0.2, -0.15) is 13.2 Å². The van der Waals surface area contributed by atoms with E-state index in [1.54, 1.807) is 6.20 Å². The zero-order valence-corrected chi connectivity index (χ0v) is 13.2. The zero-order valence-electron chi connectivity index (χ0n) is 12.4. The zero-order chi connectivity index (χ0) is 18.0. The van der Waals surface area contributed by atoms with Crippen molar-refractivity contribution in [3.05, 3.63) is 30.5 Å². The number of hydrogen-bond donors (Lipinski definition) is 2. The van der Waals surface area contributed by atoms with E-state index in [0.717, 1.165) is 29.4 Å². The predicted molar refractivity (Wildman–Crippen MR) is 82.4 cm³/mol. The number of alkyl halides is 3. The fraction of sp³-hybridized carbons (Fsp3) is 0.357. The molecule has 2 N–H and O–H groups in total. The van der Waals surface area contributed by atoms with Crippen molar-refractivity contribution in [1.29, 1.82) is 0 Å². The van der Waals surface area contributed by atoms with Gasteiger partial charge in [0.15, 0.2) is 0 Å². The van der Waals surface area contributed by atoms with Crippen LogP contribution in [0.25, 0.3) is 10.9 Å². The molecule has 1 aromatic heterocycles. The van der Waals surface area contributed by atoms with E-state index < -0.39 is 22.2 Å². The number of aromatic nitrogens is 1. The number of carbonyl (C=O) groups is 1. The maximum Gasteiger partial charge on any atom is 0.490 e. The van der Waals surface area contributed by atoms with Crippen molar-refractivity contribution in [1.82, 2.24) is 4.98 Å². The highest BCUT2D eigenvalue weighted by Crippen LogP contribution is 2.30. The number of carboxylic acid groups (broad SMARTS) is 1. The second-order valence-electron chi connectivity index (χ2n) is 5.12. The number of H-pyrrole nitrogens is 1. The molecule has 1 fully saturated rings. The molecule has 3 rings (SSSR count). The smallest absolute Gasteiger partial charge is 0.475 e. The van der Waals surface area contributed by atoms with Gasteiger partial charge >= 0.3 is 12.1 Å². The fourth-order valence-electron chi connectivity index (χ4n) is 2.32. The first kappa shape index (κ1) is 18.1. The van der Waals surface area contributed by atoms with Crippen molar-refractivity contribution in [2.75, 3.05) is 16.6 Å². The molecule has 132 valence electrons. The summed E-state index contributed by atoms with van der Waals surface area (Å²) >= 11 is 0. The third kappa shape index (κ3) is 3.99. The van der Waals surface area contributed by atoms with Gasteiger partial charge in [0, 0.05) is 23.6 Å². The van der Waals surface area contributed by atoms with E-state index in [2.05, 4.69) is 4.98 Å². The van der Waals surface area contributed by atoms with Crippen LogP contribution in [0.4, 0.5) is 18.9 Å². The molecule has 0 unspecified atom stereocenters.